The number of fused-ring (bicyclic) bond motifs is 2. The SMILES string of the molecule is CC(C)(C)N(C(=O)O)C1CC2CN(Cc3ccccc3)CC1O2. The molecule has 0 radical (unpaired) electrons. The summed E-state index contributed by atoms with van der Waals surface area (Å²) in [6.45, 7) is 8.41. The van der Waals surface area contributed by atoms with Crippen LogP contribution in [-0.2, 0) is 11.3 Å². The van der Waals surface area contributed by atoms with Crippen LogP contribution in [0.2, 0.25) is 0 Å². The number of rotatable bonds is 3. The van der Waals surface area contributed by atoms with Crippen molar-refractivity contribution in [3.63, 3.8) is 0 Å². The van der Waals surface area contributed by atoms with Crippen molar-refractivity contribution in [2.24, 2.45) is 0 Å². The molecule has 3 atom stereocenters. The van der Waals surface area contributed by atoms with Gasteiger partial charge in [0.15, 0.2) is 0 Å². The fourth-order valence-electron chi connectivity index (χ4n) is 3.88. The van der Waals surface area contributed by atoms with Gasteiger partial charge in [-0.3, -0.25) is 9.80 Å². The molecule has 2 saturated heterocycles. The Balaban J connectivity index is 1.71. The first-order chi connectivity index (χ1) is 10.8. The van der Waals surface area contributed by atoms with E-state index < -0.39 is 11.6 Å². The van der Waals surface area contributed by atoms with Gasteiger partial charge in [0, 0.05) is 25.2 Å². The third kappa shape index (κ3) is 3.51. The van der Waals surface area contributed by atoms with Crippen molar-refractivity contribution in [3.8, 4) is 0 Å². The monoisotopic (exact) mass is 318 g/mol. The fourth-order valence-corrected chi connectivity index (χ4v) is 3.88. The minimum Gasteiger partial charge on any atom is -0.465 e. The van der Waals surface area contributed by atoms with E-state index in [1.54, 1.807) is 4.90 Å². The topological polar surface area (TPSA) is 53.0 Å². The molecule has 2 aliphatic rings. The second-order valence-electron chi connectivity index (χ2n) is 7.60. The van der Waals surface area contributed by atoms with E-state index in [0.717, 1.165) is 26.1 Å². The van der Waals surface area contributed by atoms with Crippen molar-refractivity contribution >= 4 is 6.09 Å². The molecule has 126 valence electrons. The van der Waals surface area contributed by atoms with E-state index in [-0.39, 0.29) is 18.2 Å². The number of ether oxygens (including phenoxy) is 1. The van der Waals surface area contributed by atoms with Crippen LogP contribution in [0.15, 0.2) is 30.3 Å². The number of hydrogen-bond acceptors (Lipinski definition) is 3. The number of carboxylic acid groups (broad SMARTS) is 1. The van der Waals surface area contributed by atoms with Crippen molar-refractivity contribution in [2.75, 3.05) is 13.1 Å². The quantitative estimate of drug-likeness (QED) is 0.931. The fraction of sp³-hybridized carbons (Fsp3) is 0.611. The number of nitrogens with zero attached hydrogens (tertiary/aromatic N) is 2. The number of likely N-dealkylation sites (tertiary alicyclic amines) is 1. The maximum absolute atomic E-state index is 11.8. The summed E-state index contributed by atoms with van der Waals surface area (Å²) in [5, 5.41) is 9.65. The van der Waals surface area contributed by atoms with E-state index in [4.69, 9.17) is 4.74 Å². The highest BCUT2D eigenvalue weighted by atomic mass is 16.5. The highest BCUT2D eigenvalue weighted by Crippen LogP contribution is 2.34. The van der Waals surface area contributed by atoms with Gasteiger partial charge in [-0.1, -0.05) is 30.3 Å². The first-order valence-electron chi connectivity index (χ1n) is 8.28. The number of benzene rings is 1. The lowest BCUT2D eigenvalue weighted by Gasteiger charge is -2.40. The molecule has 1 aromatic rings. The number of morpholine rings is 1. The Morgan fingerprint density at radius 2 is 2.00 bits per heavy atom. The summed E-state index contributed by atoms with van der Waals surface area (Å²) in [5.74, 6) is 0. The molecule has 1 amide bonds. The molecule has 2 aliphatic heterocycles. The molecule has 0 aliphatic carbocycles. The zero-order chi connectivity index (χ0) is 16.6. The molecular formula is C18H26N2O3. The summed E-state index contributed by atoms with van der Waals surface area (Å²) in [7, 11) is 0. The van der Waals surface area contributed by atoms with Gasteiger partial charge in [0.2, 0.25) is 0 Å². The number of hydrogen-bond donors (Lipinski definition) is 1. The lowest BCUT2D eigenvalue weighted by atomic mass is 9.99. The Morgan fingerprint density at radius 3 is 2.61 bits per heavy atom. The van der Waals surface area contributed by atoms with E-state index in [1.807, 2.05) is 26.8 Å². The number of amides is 1. The number of carbonyl (C=O) groups is 1. The van der Waals surface area contributed by atoms with Crippen LogP contribution < -0.4 is 0 Å². The molecule has 3 unspecified atom stereocenters. The molecule has 0 saturated carbocycles. The second-order valence-corrected chi connectivity index (χ2v) is 7.60. The normalized spacial score (nSPS) is 27.9. The molecular weight excluding hydrogens is 292 g/mol. The standard InChI is InChI=1S/C18H26N2O3/c1-18(2,3)20(17(21)22)15-9-14-11-19(12-16(15)23-14)10-13-7-5-4-6-8-13/h4-8,14-16H,9-12H2,1-3H3,(H,21,22). The molecule has 5 heteroatoms. The maximum atomic E-state index is 11.8. The first kappa shape index (κ1) is 16.3. The average Bonchev–Trinajstić information content (AvgIpc) is 2.73. The zero-order valence-corrected chi connectivity index (χ0v) is 14.1. The molecule has 1 aromatic carbocycles. The highest BCUT2D eigenvalue weighted by molar-refractivity contribution is 5.66. The Labute approximate surface area is 137 Å². The Morgan fingerprint density at radius 1 is 1.30 bits per heavy atom. The van der Waals surface area contributed by atoms with Crippen LogP contribution in [0.5, 0.6) is 0 Å². The third-order valence-corrected chi connectivity index (χ3v) is 4.71. The van der Waals surface area contributed by atoms with Crippen LogP contribution in [0.1, 0.15) is 32.8 Å². The van der Waals surface area contributed by atoms with Crippen molar-refractivity contribution in [2.45, 2.75) is 57.5 Å². The summed E-state index contributed by atoms with van der Waals surface area (Å²) in [6.07, 6.45) is 0.0344. The van der Waals surface area contributed by atoms with E-state index in [1.165, 1.54) is 5.56 Å². The van der Waals surface area contributed by atoms with Gasteiger partial charge in [0.25, 0.3) is 0 Å². The van der Waals surface area contributed by atoms with Gasteiger partial charge in [0.05, 0.1) is 18.2 Å². The van der Waals surface area contributed by atoms with E-state index >= 15 is 0 Å². The lowest BCUT2D eigenvalue weighted by Crippen LogP contribution is -2.55. The summed E-state index contributed by atoms with van der Waals surface area (Å²) in [4.78, 5) is 15.7. The largest absolute Gasteiger partial charge is 0.465 e. The van der Waals surface area contributed by atoms with Crippen LogP contribution >= 0.6 is 0 Å². The Bertz CT molecular complexity index is 555. The first-order valence-corrected chi connectivity index (χ1v) is 8.28. The Kier molecular flexibility index (Phi) is 4.34. The smallest absolute Gasteiger partial charge is 0.408 e. The van der Waals surface area contributed by atoms with Crippen molar-refractivity contribution in [1.29, 1.82) is 0 Å². The van der Waals surface area contributed by atoms with Crippen molar-refractivity contribution < 1.29 is 14.6 Å². The van der Waals surface area contributed by atoms with Gasteiger partial charge in [-0.15, -0.1) is 0 Å². The van der Waals surface area contributed by atoms with Gasteiger partial charge in [-0.2, -0.15) is 0 Å². The van der Waals surface area contributed by atoms with Crippen molar-refractivity contribution in [3.05, 3.63) is 35.9 Å². The average molecular weight is 318 g/mol. The van der Waals surface area contributed by atoms with Gasteiger partial charge in [-0.05, 0) is 32.8 Å². The van der Waals surface area contributed by atoms with Crippen LogP contribution in [0.4, 0.5) is 4.79 Å². The van der Waals surface area contributed by atoms with Gasteiger partial charge in [-0.25, -0.2) is 4.79 Å². The third-order valence-electron chi connectivity index (χ3n) is 4.71. The zero-order valence-electron chi connectivity index (χ0n) is 14.1. The summed E-state index contributed by atoms with van der Waals surface area (Å²) < 4.78 is 6.06. The van der Waals surface area contributed by atoms with E-state index in [9.17, 15) is 9.90 Å². The summed E-state index contributed by atoms with van der Waals surface area (Å²) in [6, 6.07) is 10.3. The molecule has 2 bridgehead atoms. The predicted molar refractivity (Wildman–Crippen MR) is 88.4 cm³/mol. The minimum absolute atomic E-state index is 0.0345. The molecule has 23 heavy (non-hydrogen) atoms. The molecule has 0 aromatic heterocycles. The van der Waals surface area contributed by atoms with Crippen LogP contribution in [0.25, 0.3) is 0 Å². The van der Waals surface area contributed by atoms with Gasteiger partial charge in [0.1, 0.15) is 0 Å². The van der Waals surface area contributed by atoms with E-state index in [2.05, 4.69) is 29.2 Å². The van der Waals surface area contributed by atoms with Crippen molar-refractivity contribution in [1.82, 2.24) is 9.80 Å². The second kappa shape index (κ2) is 6.13. The van der Waals surface area contributed by atoms with Crippen LogP contribution in [0, 0.1) is 0 Å². The predicted octanol–water partition coefficient (Wildman–Crippen LogP) is 2.81. The molecule has 0 spiro atoms. The van der Waals surface area contributed by atoms with Gasteiger partial charge < -0.3 is 9.84 Å². The van der Waals surface area contributed by atoms with E-state index in [0.29, 0.717) is 0 Å². The molecule has 3 rings (SSSR count). The van der Waals surface area contributed by atoms with Crippen LogP contribution in [0.3, 0.4) is 0 Å². The Hall–Kier alpha value is -1.59. The molecule has 5 nitrogen and oxygen atoms in total. The maximum Gasteiger partial charge on any atom is 0.408 e. The van der Waals surface area contributed by atoms with Gasteiger partial charge >= 0.3 is 6.09 Å². The summed E-state index contributed by atoms with van der Waals surface area (Å²) in [5.41, 5.74) is 0.873. The molecule has 2 fully saturated rings. The lowest BCUT2D eigenvalue weighted by molar-refractivity contribution is -0.0587. The molecule has 2 heterocycles. The highest BCUT2D eigenvalue weighted by Gasteiger charge is 2.47. The minimum atomic E-state index is -0.853. The van der Waals surface area contributed by atoms with Crippen LogP contribution in [-0.4, -0.2) is 57.9 Å². The molecule has 1 N–H and O–H groups in total. The summed E-state index contributed by atoms with van der Waals surface area (Å²) >= 11 is 0.